The average molecular weight is 542 g/mol. The van der Waals surface area contributed by atoms with Gasteiger partial charge in [-0.2, -0.15) is 0 Å². The van der Waals surface area contributed by atoms with Gasteiger partial charge < -0.3 is 14.8 Å². The monoisotopic (exact) mass is 541 g/mol. The number of fused-ring (bicyclic) bond motifs is 1. The third kappa shape index (κ3) is 4.89. The molecule has 0 unspecified atom stereocenters. The number of carbonyl (C=O) groups is 2. The van der Waals surface area contributed by atoms with Gasteiger partial charge in [-0.3, -0.25) is 9.59 Å². The van der Waals surface area contributed by atoms with Crippen molar-refractivity contribution in [3.63, 3.8) is 0 Å². The number of likely N-dealkylation sites (tertiary alicyclic amines) is 1. The van der Waals surface area contributed by atoms with Gasteiger partial charge in [-0.1, -0.05) is 67.6 Å². The van der Waals surface area contributed by atoms with Crippen molar-refractivity contribution in [3.05, 3.63) is 107 Å². The number of halogens is 2. The van der Waals surface area contributed by atoms with Gasteiger partial charge in [0, 0.05) is 24.7 Å². The fourth-order valence-electron chi connectivity index (χ4n) is 5.98. The molecule has 2 amide bonds. The van der Waals surface area contributed by atoms with Gasteiger partial charge in [0.15, 0.2) is 0 Å². The lowest BCUT2D eigenvalue weighted by Gasteiger charge is -2.27. The topological polar surface area (TPSA) is 54.3 Å². The Hall–Kier alpha value is -4.00. The molecule has 0 radical (unpaired) electrons. The largest absolute Gasteiger partial charge is 0.347 e. The van der Waals surface area contributed by atoms with E-state index in [2.05, 4.69) is 12.2 Å². The normalized spacial score (nSPS) is 20.4. The number of para-hydroxylation sites is 1. The molecular weight excluding hydrogens is 508 g/mol. The summed E-state index contributed by atoms with van der Waals surface area (Å²) in [5.41, 5.74) is 3.76. The molecule has 1 aliphatic carbocycles. The average Bonchev–Trinajstić information content (AvgIpc) is 3.45. The van der Waals surface area contributed by atoms with E-state index in [1.165, 1.54) is 11.0 Å². The summed E-state index contributed by atoms with van der Waals surface area (Å²) >= 11 is 0. The number of aryl methyl sites for hydroxylation is 1. The van der Waals surface area contributed by atoms with E-state index in [-0.39, 0.29) is 36.5 Å². The highest BCUT2D eigenvalue weighted by Gasteiger charge is 2.42. The second-order valence-electron chi connectivity index (χ2n) is 11.5. The Bertz CT molecular complexity index is 1580. The van der Waals surface area contributed by atoms with Crippen LogP contribution in [0.2, 0.25) is 0 Å². The zero-order chi connectivity index (χ0) is 28.0. The van der Waals surface area contributed by atoms with Crippen molar-refractivity contribution in [1.29, 1.82) is 0 Å². The molecule has 6 rings (SSSR count). The molecule has 1 aliphatic heterocycles. The van der Waals surface area contributed by atoms with Gasteiger partial charge in [-0.15, -0.1) is 0 Å². The van der Waals surface area contributed by atoms with Gasteiger partial charge in [0.05, 0.1) is 19.0 Å². The maximum absolute atomic E-state index is 15.2. The van der Waals surface area contributed by atoms with Crippen molar-refractivity contribution in [2.24, 2.45) is 7.05 Å². The number of hydrogen-bond acceptors (Lipinski definition) is 2. The van der Waals surface area contributed by atoms with Crippen LogP contribution in [0.3, 0.4) is 0 Å². The fraction of sp³-hybridized carbons (Fsp3) is 0.333. The number of benzene rings is 3. The minimum Gasteiger partial charge on any atom is -0.347 e. The Balaban J connectivity index is 1.25. The molecule has 40 heavy (non-hydrogen) atoms. The Morgan fingerprint density at radius 2 is 1.73 bits per heavy atom. The first-order chi connectivity index (χ1) is 19.2. The number of carbonyl (C=O) groups excluding carboxylic acids is 2. The second-order valence-corrected chi connectivity index (χ2v) is 11.5. The predicted octanol–water partition coefficient (Wildman–Crippen LogP) is 5.76. The summed E-state index contributed by atoms with van der Waals surface area (Å²) in [7, 11) is 1.90. The molecule has 3 atom stereocenters. The molecule has 1 aromatic heterocycles. The van der Waals surface area contributed by atoms with Gasteiger partial charge in [0.2, 0.25) is 11.8 Å². The molecule has 1 N–H and O–H groups in total. The summed E-state index contributed by atoms with van der Waals surface area (Å²) in [4.78, 5) is 28.5. The van der Waals surface area contributed by atoms with Crippen molar-refractivity contribution in [1.82, 2.24) is 14.8 Å². The molecule has 7 heteroatoms. The second kappa shape index (κ2) is 10.2. The lowest BCUT2D eigenvalue weighted by Crippen LogP contribution is -2.47. The highest BCUT2D eigenvalue weighted by Crippen LogP contribution is 2.48. The maximum Gasteiger partial charge on any atom is 0.243 e. The molecule has 1 saturated heterocycles. The predicted molar refractivity (Wildman–Crippen MR) is 151 cm³/mol. The zero-order valence-corrected chi connectivity index (χ0v) is 22.7. The van der Waals surface area contributed by atoms with Gasteiger partial charge in [0.1, 0.15) is 18.0 Å². The molecule has 2 heterocycles. The van der Waals surface area contributed by atoms with E-state index in [1.807, 2.05) is 84.4 Å². The van der Waals surface area contributed by atoms with Gasteiger partial charge >= 0.3 is 0 Å². The van der Waals surface area contributed by atoms with Crippen LogP contribution in [-0.4, -0.2) is 40.0 Å². The summed E-state index contributed by atoms with van der Waals surface area (Å²) in [6.07, 6.45) is 0.612. The van der Waals surface area contributed by atoms with E-state index in [4.69, 9.17) is 0 Å². The highest BCUT2D eigenvalue weighted by molar-refractivity contribution is 5.90. The van der Waals surface area contributed by atoms with Gasteiger partial charge in [-0.05, 0) is 58.5 Å². The van der Waals surface area contributed by atoms with E-state index < -0.39 is 24.2 Å². The Morgan fingerprint density at radius 1 is 1.00 bits per heavy atom. The summed E-state index contributed by atoms with van der Waals surface area (Å²) in [5, 5.41) is 4.04. The van der Waals surface area contributed by atoms with Crippen molar-refractivity contribution in [2.75, 3.05) is 6.54 Å². The van der Waals surface area contributed by atoms with Crippen LogP contribution in [0, 0.1) is 5.82 Å². The van der Waals surface area contributed by atoms with E-state index >= 15 is 4.39 Å². The first-order valence-electron chi connectivity index (χ1n) is 13.9. The summed E-state index contributed by atoms with van der Waals surface area (Å²) < 4.78 is 31.9. The van der Waals surface area contributed by atoms with Crippen LogP contribution < -0.4 is 5.32 Å². The standard InChI is InChI=1S/C33H33F2N3O2/c1-33(14-15-33)26-13-12-23(17-27(26)35)31(21-8-4-3-5-9-21)36-32(40)29-18-24(34)20-38(29)30(39)19-25-16-22-10-6-7-11-28(22)37(25)2/h3-13,16-17,24,29,31H,14-15,18-20H2,1-2H3,(H,36,40)/t24-,29+,31+/m1/s1. The van der Waals surface area contributed by atoms with E-state index in [9.17, 15) is 14.0 Å². The summed E-state index contributed by atoms with van der Waals surface area (Å²) in [5.74, 6) is -1.03. The van der Waals surface area contributed by atoms with E-state index in [1.54, 1.807) is 0 Å². The third-order valence-corrected chi connectivity index (χ3v) is 8.65. The molecular formula is C33H33F2N3O2. The Labute approximate surface area is 232 Å². The van der Waals surface area contributed by atoms with Crippen LogP contribution in [-0.2, 0) is 28.5 Å². The van der Waals surface area contributed by atoms with Gasteiger partial charge in [0.25, 0.3) is 0 Å². The smallest absolute Gasteiger partial charge is 0.243 e. The third-order valence-electron chi connectivity index (χ3n) is 8.65. The maximum atomic E-state index is 15.2. The minimum absolute atomic E-state index is 0.0647. The van der Waals surface area contributed by atoms with Crippen molar-refractivity contribution in [2.45, 2.75) is 56.3 Å². The van der Waals surface area contributed by atoms with Crippen LogP contribution in [0.4, 0.5) is 8.78 Å². The number of amides is 2. The van der Waals surface area contributed by atoms with Gasteiger partial charge in [-0.25, -0.2) is 8.78 Å². The van der Waals surface area contributed by atoms with Crippen LogP contribution in [0.5, 0.6) is 0 Å². The minimum atomic E-state index is -1.29. The number of nitrogens with zero attached hydrogens (tertiary/aromatic N) is 2. The molecule has 3 aromatic carbocycles. The molecule has 0 spiro atoms. The molecule has 206 valence electrons. The Kier molecular flexibility index (Phi) is 6.69. The summed E-state index contributed by atoms with van der Waals surface area (Å²) in [6, 6.07) is 22.7. The van der Waals surface area contributed by atoms with Crippen molar-refractivity contribution < 1.29 is 18.4 Å². The number of rotatable bonds is 7. The van der Waals surface area contributed by atoms with Crippen molar-refractivity contribution >= 4 is 22.7 Å². The number of hydrogen-bond donors (Lipinski definition) is 1. The molecule has 2 aliphatic rings. The molecule has 5 nitrogen and oxygen atoms in total. The fourth-order valence-corrected chi connectivity index (χ4v) is 5.98. The van der Waals surface area contributed by atoms with E-state index in [0.29, 0.717) is 11.1 Å². The van der Waals surface area contributed by atoms with Crippen molar-refractivity contribution in [3.8, 4) is 0 Å². The quantitative estimate of drug-likeness (QED) is 0.324. The number of nitrogens with one attached hydrogen (secondary N) is 1. The Morgan fingerprint density at radius 3 is 2.42 bits per heavy atom. The van der Waals surface area contributed by atoms with Crippen LogP contribution >= 0.6 is 0 Å². The van der Waals surface area contributed by atoms with Crippen LogP contribution in [0.25, 0.3) is 10.9 Å². The highest BCUT2D eigenvalue weighted by atomic mass is 19.1. The lowest BCUT2D eigenvalue weighted by atomic mass is 9.92. The molecule has 0 bridgehead atoms. The van der Waals surface area contributed by atoms with E-state index in [0.717, 1.165) is 35.0 Å². The first-order valence-corrected chi connectivity index (χ1v) is 13.9. The molecule has 2 fully saturated rings. The van der Waals surface area contributed by atoms with Crippen LogP contribution in [0.15, 0.2) is 78.9 Å². The molecule has 1 saturated carbocycles. The van der Waals surface area contributed by atoms with Crippen LogP contribution in [0.1, 0.15) is 54.6 Å². The zero-order valence-electron chi connectivity index (χ0n) is 22.7. The lowest BCUT2D eigenvalue weighted by molar-refractivity contribution is -0.138. The number of aromatic nitrogens is 1. The first kappa shape index (κ1) is 26.2. The number of alkyl halides is 1. The summed E-state index contributed by atoms with van der Waals surface area (Å²) in [6.45, 7) is 1.93. The SMILES string of the molecule is Cn1c(CC(=O)N2C[C@H](F)C[C@H]2C(=O)N[C@@H](c2ccccc2)c2ccc(C3(C)CC3)c(F)c2)cc2ccccc21. The molecule has 4 aromatic rings.